The Morgan fingerprint density at radius 3 is 2.25 bits per heavy atom. The van der Waals surface area contributed by atoms with Crippen molar-refractivity contribution < 1.29 is 19.1 Å². The van der Waals surface area contributed by atoms with E-state index < -0.39 is 0 Å². The summed E-state index contributed by atoms with van der Waals surface area (Å²) in [6, 6.07) is 16.4. The Morgan fingerprint density at radius 2 is 1.64 bits per heavy atom. The summed E-state index contributed by atoms with van der Waals surface area (Å²) in [5.74, 6) is -0.500. The third-order valence-electron chi connectivity index (χ3n) is 4.94. The zero-order valence-corrected chi connectivity index (χ0v) is 15.9. The molecule has 0 atom stereocenters. The number of carbonyl (C=O) groups excluding carboxylic acids is 3. The van der Waals surface area contributed by atoms with Gasteiger partial charge in [-0.1, -0.05) is 30.3 Å². The third kappa shape index (κ3) is 4.97. The molecule has 0 radical (unpaired) electrons. The number of amides is 2. The van der Waals surface area contributed by atoms with Crippen LogP contribution in [0.15, 0.2) is 54.6 Å². The molecule has 0 unspecified atom stereocenters. The molecule has 1 N–H and O–H groups in total. The van der Waals surface area contributed by atoms with Gasteiger partial charge in [-0.2, -0.15) is 0 Å². The quantitative estimate of drug-likeness (QED) is 0.810. The van der Waals surface area contributed by atoms with Gasteiger partial charge in [0.2, 0.25) is 5.91 Å². The van der Waals surface area contributed by atoms with Crippen LogP contribution >= 0.6 is 0 Å². The number of benzene rings is 2. The summed E-state index contributed by atoms with van der Waals surface area (Å²) in [5.41, 5.74) is 2.17. The van der Waals surface area contributed by atoms with E-state index in [1.807, 2.05) is 30.3 Å². The molecule has 0 aliphatic carbocycles. The minimum absolute atomic E-state index is 0.0644. The van der Waals surface area contributed by atoms with E-state index in [9.17, 15) is 14.4 Å². The van der Waals surface area contributed by atoms with Gasteiger partial charge in [-0.05, 0) is 42.7 Å². The van der Waals surface area contributed by atoms with Gasteiger partial charge >= 0.3 is 5.97 Å². The van der Waals surface area contributed by atoms with Crippen LogP contribution in [0.3, 0.4) is 0 Å². The number of esters is 1. The van der Waals surface area contributed by atoms with Gasteiger partial charge in [0.05, 0.1) is 19.4 Å². The molecule has 6 heteroatoms. The predicted molar refractivity (Wildman–Crippen MR) is 106 cm³/mol. The molecule has 6 nitrogen and oxygen atoms in total. The molecule has 1 saturated heterocycles. The Morgan fingerprint density at radius 1 is 1.00 bits per heavy atom. The van der Waals surface area contributed by atoms with Crippen LogP contribution in [0.4, 0.5) is 5.69 Å². The Hall–Kier alpha value is -3.15. The Labute approximate surface area is 164 Å². The van der Waals surface area contributed by atoms with E-state index in [2.05, 4.69) is 5.32 Å². The Balaban J connectivity index is 1.53. The number of hydrogen-bond donors (Lipinski definition) is 1. The number of piperidine rings is 1. The Kier molecular flexibility index (Phi) is 6.42. The summed E-state index contributed by atoms with van der Waals surface area (Å²) >= 11 is 0. The summed E-state index contributed by atoms with van der Waals surface area (Å²) in [7, 11) is 1.39. The number of nitrogens with zero attached hydrogens (tertiary/aromatic N) is 1. The van der Waals surface area contributed by atoms with Crippen molar-refractivity contribution in [1.29, 1.82) is 0 Å². The van der Waals surface area contributed by atoms with Crippen molar-refractivity contribution in [3.05, 3.63) is 65.7 Å². The standard InChI is InChI=1S/C22H24N2O4/c1-28-22(27)18-11-13-24(14-12-18)21(26)17-7-9-19(10-8-17)23-20(25)15-16-5-3-2-4-6-16/h2-10,18H,11-15H2,1H3,(H,23,25). The number of nitrogens with one attached hydrogen (secondary N) is 1. The van der Waals surface area contributed by atoms with Gasteiger partial charge in [-0.15, -0.1) is 0 Å². The second kappa shape index (κ2) is 9.17. The lowest BCUT2D eigenvalue weighted by Gasteiger charge is -2.30. The number of carbonyl (C=O) groups is 3. The van der Waals surface area contributed by atoms with Gasteiger partial charge in [0.25, 0.3) is 5.91 Å². The van der Waals surface area contributed by atoms with E-state index in [4.69, 9.17) is 4.74 Å². The summed E-state index contributed by atoms with van der Waals surface area (Å²) in [5, 5.41) is 2.85. The maximum Gasteiger partial charge on any atom is 0.308 e. The summed E-state index contributed by atoms with van der Waals surface area (Å²) in [4.78, 5) is 38.1. The van der Waals surface area contributed by atoms with Gasteiger partial charge in [0.15, 0.2) is 0 Å². The highest BCUT2D eigenvalue weighted by Crippen LogP contribution is 2.21. The highest BCUT2D eigenvalue weighted by Gasteiger charge is 2.28. The van der Waals surface area contributed by atoms with Gasteiger partial charge in [-0.3, -0.25) is 14.4 Å². The molecule has 1 fully saturated rings. The number of ether oxygens (including phenoxy) is 1. The maximum absolute atomic E-state index is 12.6. The van der Waals surface area contributed by atoms with Crippen LogP contribution in [0.5, 0.6) is 0 Å². The number of methoxy groups -OCH3 is 1. The van der Waals surface area contributed by atoms with Crippen molar-refractivity contribution >= 4 is 23.5 Å². The highest BCUT2D eigenvalue weighted by atomic mass is 16.5. The van der Waals surface area contributed by atoms with E-state index in [1.165, 1.54) is 7.11 Å². The lowest BCUT2D eigenvalue weighted by Crippen LogP contribution is -2.40. The monoisotopic (exact) mass is 380 g/mol. The lowest BCUT2D eigenvalue weighted by atomic mass is 9.96. The SMILES string of the molecule is COC(=O)C1CCN(C(=O)c2ccc(NC(=O)Cc3ccccc3)cc2)CC1. The number of rotatable bonds is 5. The van der Waals surface area contributed by atoms with E-state index in [0.717, 1.165) is 5.56 Å². The largest absolute Gasteiger partial charge is 0.469 e. The average molecular weight is 380 g/mol. The van der Waals surface area contributed by atoms with Crippen LogP contribution in [0, 0.1) is 5.92 Å². The molecule has 1 aliphatic rings. The first-order chi connectivity index (χ1) is 13.6. The zero-order valence-electron chi connectivity index (χ0n) is 15.9. The molecule has 0 bridgehead atoms. The predicted octanol–water partition coefficient (Wildman–Crippen LogP) is 2.89. The molecule has 1 heterocycles. The van der Waals surface area contributed by atoms with E-state index in [0.29, 0.717) is 43.6 Å². The van der Waals surface area contributed by atoms with Crippen molar-refractivity contribution in [3.63, 3.8) is 0 Å². The summed E-state index contributed by atoms with van der Waals surface area (Å²) < 4.78 is 4.78. The molecule has 0 saturated carbocycles. The van der Waals surface area contributed by atoms with Crippen molar-refractivity contribution in [3.8, 4) is 0 Å². The van der Waals surface area contributed by atoms with Crippen molar-refractivity contribution in [1.82, 2.24) is 4.90 Å². The second-order valence-corrected chi connectivity index (χ2v) is 6.88. The van der Waals surface area contributed by atoms with Crippen molar-refractivity contribution in [2.75, 3.05) is 25.5 Å². The minimum atomic E-state index is -0.206. The second-order valence-electron chi connectivity index (χ2n) is 6.88. The van der Waals surface area contributed by atoms with Crippen LogP contribution in [-0.4, -0.2) is 42.9 Å². The van der Waals surface area contributed by atoms with Crippen molar-refractivity contribution in [2.24, 2.45) is 5.92 Å². The van der Waals surface area contributed by atoms with Gasteiger partial charge in [0.1, 0.15) is 0 Å². The van der Waals surface area contributed by atoms with E-state index in [-0.39, 0.29) is 23.7 Å². The molecular formula is C22H24N2O4. The molecule has 2 aromatic carbocycles. The van der Waals surface area contributed by atoms with Gasteiger partial charge < -0.3 is 15.0 Å². The van der Waals surface area contributed by atoms with E-state index in [1.54, 1.807) is 29.2 Å². The smallest absolute Gasteiger partial charge is 0.308 e. The van der Waals surface area contributed by atoms with Crippen LogP contribution in [-0.2, 0) is 20.7 Å². The number of anilines is 1. The lowest BCUT2D eigenvalue weighted by molar-refractivity contribution is -0.146. The number of hydrogen-bond acceptors (Lipinski definition) is 4. The van der Waals surface area contributed by atoms with Crippen LogP contribution < -0.4 is 5.32 Å². The molecule has 2 amide bonds. The zero-order chi connectivity index (χ0) is 19.9. The summed E-state index contributed by atoms with van der Waals surface area (Å²) in [6.07, 6.45) is 1.54. The maximum atomic E-state index is 12.6. The van der Waals surface area contributed by atoms with Crippen LogP contribution in [0.1, 0.15) is 28.8 Å². The fourth-order valence-corrected chi connectivity index (χ4v) is 3.35. The van der Waals surface area contributed by atoms with Crippen LogP contribution in [0.2, 0.25) is 0 Å². The summed E-state index contributed by atoms with van der Waals surface area (Å²) in [6.45, 7) is 1.07. The molecule has 0 aromatic heterocycles. The first kappa shape index (κ1) is 19.6. The normalized spacial score (nSPS) is 14.4. The minimum Gasteiger partial charge on any atom is -0.469 e. The molecular weight excluding hydrogens is 356 g/mol. The fraction of sp³-hybridized carbons (Fsp3) is 0.318. The molecule has 28 heavy (non-hydrogen) atoms. The van der Waals surface area contributed by atoms with Crippen LogP contribution in [0.25, 0.3) is 0 Å². The van der Waals surface area contributed by atoms with Gasteiger partial charge in [0, 0.05) is 24.3 Å². The highest BCUT2D eigenvalue weighted by molar-refractivity contribution is 5.96. The molecule has 0 spiro atoms. The number of likely N-dealkylation sites (tertiary alicyclic amines) is 1. The average Bonchev–Trinajstić information content (AvgIpc) is 2.74. The topological polar surface area (TPSA) is 75.7 Å². The Bertz CT molecular complexity index is 825. The molecule has 146 valence electrons. The van der Waals surface area contributed by atoms with Crippen molar-refractivity contribution in [2.45, 2.75) is 19.3 Å². The fourth-order valence-electron chi connectivity index (χ4n) is 3.35. The van der Waals surface area contributed by atoms with E-state index >= 15 is 0 Å². The van der Waals surface area contributed by atoms with Gasteiger partial charge in [-0.25, -0.2) is 0 Å². The molecule has 3 rings (SSSR count). The third-order valence-corrected chi connectivity index (χ3v) is 4.94. The molecule has 2 aromatic rings. The first-order valence-electron chi connectivity index (χ1n) is 9.38. The molecule has 1 aliphatic heterocycles. The first-order valence-corrected chi connectivity index (χ1v) is 9.38.